The zero-order valence-corrected chi connectivity index (χ0v) is 10.9. The van der Waals surface area contributed by atoms with Gasteiger partial charge in [0, 0.05) is 16.9 Å². The molecule has 1 heterocycles. The topological polar surface area (TPSA) is 62.0 Å². The number of hydrogen-bond acceptors (Lipinski definition) is 2. The predicted octanol–water partition coefficient (Wildman–Crippen LogP) is 1.67. The van der Waals surface area contributed by atoms with Gasteiger partial charge >= 0.3 is 0 Å². The van der Waals surface area contributed by atoms with Crippen molar-refractivity contribution in [1.29, 1.82) is 0 Å². The lowest BCUT2D eigenvalue weighted by molar-refractivity contribution is 0.0906. The molecule has 1 rings (SSSR count). The number of rotatable bonds is 4. The largest absolute Gasteiger partial charge is 0.346 e. The van der Waals surface area contributed by atoms with Crippen LogP contribution in [-0.2, 0) is 0 Å². The fraction of sp³-hybridized carbons (Fsp3) is 0.455. The fourth-order valence-electron chi connectivity index (χ4n) is 1.25. The summed E-state index contributed by atoms with van der Waals surface area (Å²) in [4.78, 5) is 25.3. The summed E-state index contributed by atoms with van der Waals surface area (Å²) < 4.78 is 0. The van der Waals surface area contributed by atoms with E-state index in [2.05, 4.69) is 26.2 Å². The van der Waals surface area contributed by atoms with Gasteiger partial charge in [0.25, 0.3) is 5.91 Å². The highest BCUT2D eigenvalue weighted by molar-refractivity contribution is 9.09. The van der Waals surface area contributed by atoms with E-state index >= 15 is 0 Å². The van der Waals surface area contributed by atoms with E-state index in [1.165, 1.54) is 6.07 Å². The smallest absolute Gasteiger partial charge is 0.268 e. The normalized spacial score (nSPS) is 11.2. The van der Waals surface area contributed by atoms with Gasteiger partial charge in [0.05, 0.1) is 0 Å². The lowest BCUT2D eigenvalue weighted by Gasteiger charge is -2.25. The molecule has 2 N–H and O–H groups in total. The average molecular weight is 287 g/mol. The number of hydrogen-bond donors (Lipinski definition) is 2. The number of pyridine rings is 1. The van der Waals surface area contributed by atoms with E-state index in [0.29, 0.717) is 0 Å². The van der Waals surface area contributed by atoms with Crippen LogP contribution in [0.2, 0.25) is 0 Å². The minimum Gasteiger partial charge on any atom is -0.346 e. The molecule has 1 aromatic heterocycles. The molecule has 0 saturated carbocycles. The predicted molar refractivity (Wildman–Crippen MR) is 67.0 cm³/mol. The number of nitrogens with one attached hydrogen (secondary N) is 2. The van der Waals surface area contributed by atoms with Crippen molar-refractivity contribution >= 4 is 21.8 Å². The number of halogens is 1. The molecule has 4 nitrogen and oxygen atoms in total. The molecule has 16 heavy (non-hydrogen) atoms. The van der Waals surface area contributed by atoms with E-state index in [-0.39, 0.29) is 22.7 Å². The molecule has 0 saturated heterocycles. The summed E-state index contributed by atoms with van der Waals surface area (Å²) in [6.07, 6.45) is 0.815. The third-order valence-electron chi connectivity index (χ3n) is 2.18. The number of aromatic amines is 1. The first-order chi connectivity index (χ1) is 7.44. The van der Waals surface area contributed by atoms with Gasteiger partial charge in [-0.1, -0.05) is 22.0 Å². The quantitative estimate of drug-likeness (QED) is 0.827. The summed E-state index contributed by atoms with van der Waals surface area (Å²) in [5.74, 6) is -0.261. The Labute approximate surface area is 103 Å². The standard InChI is InChI=1S/C11H15BrN2O2/c1-11(2,6-7-12)14-10(16)8-4-3-5-9(15)13-8/h3-5H,6-7H2,1-2H3,(H,13,15)(H,14,16). The molecular formula is C11H15BrN2O2. The first-order valence-corrected chi connectivity index (χ1v) is 6.14. The van der Waals surface area contributed by atoms with Crippen molar-refractivity contribution in [3.63, 3.8) is 0 Å². The second kappa shape index (κ2) is 5.30. The highest BCUT2D eigenvalue weighted by Crippen LogP contribution is 2.10. The minimum atomic E-state index is -0.298. The summed E-state index contributed by atoms with van der Waals surface area (Å²) in [6.45, 7) is 3.88. The maximum absolute atomic E-state index is 11.8. The monoisotopic (exact) mass is 286 g/mol. The van der Waals surface area contributed by atoms with Crippen molar-refractivity contribution in [3.8, 4) is 0 Å². The fourth-order valence-corrected chi connectivity index (χ4v) is 2.24. The molecule has 1 aromatic rings. The minimum absolute atomic E-state index is 0.261. The second-order valence-electron chi connectivity index (χ2n) is 4.21. The Hall–Kier alpha value is -1.10. The third-order valence-corrected chi connectivity index (χ3v) is 2.58. The molecule has 0 radical (unpaired) electrons. The maximum Gasteiger partial charge on any atom is 0.268 e. The lowest BCUT2D eigenvalue weighted by atomic mass is 10.0. The van der Waals surface area contributed by atoms with Crippen molar-refractivity contribution in [2.24, 2.45) is 0 Å². The Balaban J connectivity index is 2.76. The molecule has 0 aliphatic carbocycles. The number of carbonyl (C=O) groups is 1. The van der Waals surface area contributed by atoms with Crippen LogP contribution in [0.4, 0.5) is 0 Å². The number of aromatic nitrogens is 1. The molecule has 1 amide bonds. The number of alkyl halides is 1. The Bertz CT molecular complexity index is 426. The van der Waals surface area contributed by atoms with Gasteiger partial charge in [-0.2, -0.15) is 0 Å². The highest BCUT2D eigenvalue weighted by atomic mass is 79.9. The molecule has 0 fully saturated rings. The van der Waals surface area contributed by atoms with E-state index in [0.717, 1.165) is 11.8 Å². The van der Waals surface area contributed by atoms with Crippen LogP contribution >= 0.6 is 15.9 Å². The zero-order chi connectivity index (χ0) is 12.2. The molecule has 5 heteroatoms. The van der Waals surface area contributed by atoms with E-state index in [9.17, 15) is 9.59 Å². The maximum atomic E-state index is 11.8. The van der Waals surface area contributed by atoms with Gasteiger partial charge in [-0.25, -0.2) is 0 Å². The third kappa shape index (κ3) is 3.81. The van der Waals surface area contributed by atoms with E-state index < -0.39 is 0 Å². The van der Waals surface area contributed by atoms with Crippen LogP contribution in [0, 0.1) is 0 Å². The summed E-state index contributed by atoms with van der Waals surface area (Å²) >= 11 is 3.33. The summed E-state index contributed by atoms with van der Waals surface area (Å²) in [7, 11) is 0. The Kier molecular flexibility index (Phi) is 4.29. The van der Waals surface area contributed by atoms with Crippen molar-refractivity contribution in [1.82, 2.24) is 10.3 Å². The van der Waals surface area contributed by atoms with Gasteiger partial charge in [-0.05, 0) is 26.3 Å². The van der Waals surface area contributed by atoms with Crippen LogP contribution in [0.1, 0.15) is 30.8 Å². The van der Waals surface area contributed by atoms with E-state index in [1.807, 2.05) is 13.8 Å². The first kappa shape index (κ1) is 13.0. The summed E-state index contributed by atoms with van der Waals surface area (Å²) in [6, 6.07) is 4.52. The van der Waals surface area contributed by atoms with Gasteiger partial charge in [0.15, 0.2) is 0 Å². The van der Waals surface area contributed by atoms with Gasteiger partial charge < -0.3 is 10.3 Å². The van der Waals surface area contributed by atoms with Gasteiger partial charge in [0.1, 0.15) is 5.69 Å². The molecule has 0 bridgehead atoms. The first-order valence-electron chi connectivity index (χ1n) is 5.02. The summed E-state index contributed by atoms with van der Waals surface area (Å²) in [5.41, 5.74) is -0.283. The van der Waals surface area contributed by atoms with Crippen LogP contribution in [0.15, 0.2) is 23.0 Å². The zero-order valence-electron chi connectivity index (χ0n) is 9.34. The average Bonchev–Trinajstić information content (AvgIpc) is 2.16. The van der Waals surface area contributed by atoms with Crippen molar-refractivity contribution < 1.29 is 4.79 Å². The molecule has 0 aromatic carbocycles. The highest BCUT2D eigenvalue weighted by Gasteiger charge is 2.20. The molecule has 88 valence electrons. The van der Waals surface area contributed by atoms with Gasteiger partial charge in [0.2, 0.25) is 5.56 Å². The Morgan fingerprint density at radius 1 is 1.50 bits per heavy atom. The van der Waals surface area contributed by atoms with Crippen LogP contribution in [0.3, 0.4) is 0 Å². The second-order valence-corrected chi connectivity index (χ2v) is 5.00. The van der Waals surface area contributed by atoms with Crippen LogP contribution in [-0.4, -0.2) is 21.8 Å². The molecule has 0 spiro atoms. The van der Waals surface area contributed by atoms with Gasteiger partial charge in [-0.3, -0.25) is 9.59 Å². The van der Waals surface area contributed by atoms with E-state index in [4.69, 9.17) is 0 Å². The molecule has 0 aliphatic heterocycles. The van der Waals surface area contributed by atoms with E-state index in [1.54, 1.807) is 12.1 Å². The Morgan fingerprint density at radius 2 is 2.19 bits per heavy atom. The van der Waals surface area contributed by atoms with Crippen LogP contribution < -0.4 is 10.9 Å². The lowest BCUT2D eigenvalue weighted by Crippen LogP contribution is -2.44. The number of amides is 1. The van der Waals surface area contributed by atoms with Crippen LogP contribution in [0.5, 0.6) is 0 Å². The molecule has 0 aliphatic rings. The SMILES string of the molecule is CC(C)(CCBr)NC(=O)c1cccc(=O)[nH]1. The van der Waals surface area contributed by atoms with Crippen LogP contribution in [0.25, 0.3) is 0 Å². The van der Waals surface area contributed by atoms with Crippen molar-refractivity contribution in [2.45, 2.75) is 25.8 Å². The Morgan fingerprint density at radius 3 is 2.75 bits per heavy atom. The summed E-state index contributed by atoms with van der Waals surface area (Å²) in [5, 5.41) is 3.67. The van der Waals surface area contributed by atoms with Gasteiger partial charge in [-0.15, -0.1) is 0 Å². The molecule has 0 unspecified atom stereocenters. The number of carbonyl (C=O) groups excluding carboxylic acids is 1. The van der Waals surface area contributed by atoms with Crippen molar-refractivity contribution in [3.05, 3.63) is 34.2 Å². The number of H-pyrrole nitrogens is 1. The molecule has 0 atom stereocenters. The molecular weight excluding hydrogens is 272 g/mol. The van der Waals surface area contributed by atoms with Crippen molar-refractivity contribution in [2.75, 3.05) is 5.33 Å².